The van der Waals surface area contributed by atoms with Crippen LogP contribution in [0.5, 0.6) is 5.75 Å². The van der Waals surface area contributed by atoms with Crippen LogP contribution in [0.4, 0.5) is 16.9 Å². The summed E-state index contributed by atoms with van der Waals surface area (Å²) < 4.78 is 59.6. The van der Waals surface area contributed by atoms with Gasteiger partial charge in [-0.3, -0.25) is 0 Å². The van der Waals surface area contributed by atoms with Crippen LogP contribution in [-0.2, 0) is 10.9 Å². The molecule has 0 amide bonds. The Morgan fingerprint density at radius 1 is 0.870 bits per heavy atom. The molecule has 1 nitrogen and oxygen atoms in total. The van der Waals surface area contributed by atoms with Crippen LogP contribution < -0.4 is 0 Å². The zero-order chi connectivity index (χ0) is 17.4. The molecule has 0 aliphatic carbocycles. The molecule has 0 saturated carbocycles. The molecule has 1 aliphatic heterocycles. The number of phenolic OH excluding ortho intramolecular Hbond substituents is 1. The zero-order valence-corrected chi connectivity index (χ0v) is 15.2. The van der Waals surface area contributed by atoms with Gasteiger partial charge in [0.2, 0.25) is 0 Å². The molecule has 0 unspecified atom stereocenters. The first kappa shape index (κ1) is 18.6. The maximum atomic E-state index is 9.93. The van der Waals surface area contributed by atoms with Crippen molar-refractivity contribution in [3.05, 3.63) is 36.4 Å². The van der Waals surface area contributed by atoms with Crippen LogP contribution in [0.1, 0.15) is 12.8 Å². The van der Waals surface area contributed by atoms with E-state index in [4.69, 9.17) is 0 Å². The molecule has 2 aromatic carbocycles. The quantitative estimate of drug-likeness (QED) is 0.336. The summed E-state index contributed by atoms with van der Waals surface area (Å²) in [6.45, 7) is 0. The van der Waals surface area contributed by atoms with E-state index in [0.29, 0.717) is 16.6 Å². The van der Waals surface area contributed by atoms with E-state index in [1.165, 1.54) is 40.0 Å². The van der Waals surface area contributed by atoms with Crippen LogP contribution >= 0.6 is 0 Å². The topological polar surface area (TPSA) is 20.2 Å². The first-order valence-corrected chi connectivity index (χ1v) is 14.1. The average Bonchev–Trinajstić information content (AvgIpc) is 2.88. The Kier molecular flexibility index (Phi) is 4.57. The van der Waals surface area contributed by atoms with Gasteiger partial charge in [0.1, 0.15) is 17.3 Å². The second kappa shape index (κ2) is 5.66. The fourth-order valence-corrected chi connectivity index (χ4v) is 4.87. The van der Waals surface area contributed by atoms with Gasteiger partial charge in [0, 0.05) is 16.3 Å². The molecule has 23 heavy (non-hydrogen) atoms. The van der Waals surface area contributed by atoms with E-state index in [-0.39, 0.29) is 0 Å². The van der Waals surface area contributed by atoms with Gasteiger partial charge < -0.3 is 5.11 Å². The summed E-state index contributed by atoms with van der Waals surface area (Å²) in [6, 6.07) is 12.2. The van der Waals surface area contributed by atoms with Gasteiger partial charge in [-0.15, -0.1) is 0 Å². The molecule has 130 valence electrons. The fraction of sp³-hybridized carbons (Fsp3) is 0.286. The number of phenols is 1. The van der Waals surface area contributed by atoms with Crippen molar-refractivity contribution in [2.45, 2.75) is 17.7 Å². The Morgan fingerprint density at radius 2 is 1.43 bits per heavy atom. The normalized spacial score (nSPS) is 18.9. The summed E-state index contributed by atoms with van der Waals surface area (Å²) in [6.07, 6.45) is 2.72. The average molecular weight is 467 g/mol. The second-order valence-electron chi connectivity index (χ2n) is 5.23. The Bertz CT molecular complexity index is 699. The predicted octanol–water partition coefficient (Wildman–Crippen LogP) is 5.46. The standard InChI is InChI=1S/C14H14OS.6FH.Sb/c15-12-7-6-11-4-3-5-14(13(11)10-12)16-8-1-2-9-16;;;;;;;/h3-7,10H,1-2,8-9H2;6*1H;/q;;;;;;;+5/p-5. The molecule has 1 heterocycles. The van der Waals surface area contributed by atoms with E-state index in [9.17, 15) is 22.0 Å². The van der Waals surface area contributed by atoms with Crippen molar-refractivity contribution < 1.29 is 22.0 Å². The third-order valence-corrected chi connectivity index (χ3v) is 5.71. The second-order valence-corrected chi connectivity index (χ2v) is 12.9. The number of benzene rings is 2. The predicted molar refractivity (Wildman–Crippen MR) is 82.6 cm³/mol. The first-order valence-electron chi connectivity index (χ1n) is 6.75. The molecular formula is C14H15F6OSSb. The molecular weight excluding hydrogens is 452 g/mol. The van der Waals surface area contributed by atoms with Gasteiger partial charge in [0.25, 0.3) is 0 Å². The van der Waals surface area contributed by atoms with Gasteiger partial charge in [-0.25, -0.2) is 0 Å². The van der Waals surface area contributed by atoms with Gasteiger partial charge in [-0.2, -0.15) is 0 Å². The van der Waals surface area contributed by atoms with E-state index in [0.717, 1.165) is 0 Å². The van der Waals surface area contributed by atoms with Crippen molar-refractivity contribution in [2.24, 2.45) is 0 Å². The van der Waals surface area contributed by atoms with E-state index in [2.05, 4.69) is 18.2 Å². The summed E-state index contributed by atoms with van der Waals surface area (Å²) in [5.74, 6) is 3.03. The van der Waals surface area contributed by atoms with Crippen LogP contribution in [0.25, 0.3) is 10.8 Å². The summed E-state index contributed by atoms with van der Waals surface area (Å²) in [7, 11) is 0.415. The van der Waals surface area contributed by atoms with Crippen molar-refractivity contribution in [3.8, 4) is 5.75 Å². The molecule has 1 fully saturated rings. The first-order chi connectivity index (χ1) is 10.3. The van der Waals surface area contributed by atoms with Crippen molar-refractivity contribution >= 4 is 41.1 Å². The number of fused-ring (bicyclic) bond motifs is 1. The van der Waals surface area contributed by atoms with Gasteiger partial charge in [0.15, 0.2) is 4.90 Å². The Labute approximate surface area is 134 Å². The molecule has 0 bridgehead atoms. The number of aromatic hydroxyl groups is 1. The van der Waals surface area contributed by atoms with Crippen LogP contribution in [0.15, 0.2) is 41.3 Å². The molecule has 3 rings (SSSR count). The SMILES string of the molecule is Oc1ccc2cccc([S+]3CCCC3)c2c1.[F][Sb-]([F])([F])([F])([F])[F]. The molecule has 0 aromatic heterocycles. The molecule has 0 atom stereocenters. The summed E-state index contributed by atoms with van der Waals surface area (Å²) in [4.78, 5) is 1.45. The van der Waals surface area contributed by atoms with E-state index in [1.807, 2.05) is 12.1 Å². The minimum atomic E-state index is -11.2. The van der Waals surface area contributed by atoms with Crippen LogP contribution in [0.3, 0.4) is 0 Å². The number of rotatable bonds is 1. The minimum absolute atomic E-state index is 0.378. The molecule has 1 saturated heterocycles. The molecule has 1 N–H and O–H groups in total. The van der Waals surface area contributed by atoms with Crippen LogP contribution in [0, 0.1) is 0 Å². The third-order valence-electron chi connectivity index (χ3n) is 3.17. The fourth-order valence-electron chi connectivity index (χ4n) is 2.36. The molecule has 1 aliphatic rings. The summed E-state index contributed by atoms with van der Waals surface area (Å²) in [5, 5.41) is 12.1. The van der Waals surface area contributed by atoms with Gasteiger partial charge in [-0.05, 0) is 36.4 Å². The maximum absolute atomic E-state index is 11.2. The number of hydrogen-bond acceptors (Lipinski definition) is 1. The van der Waals surface area contributed by atoms with Gasteiger partial charge >= 0.3 is 36.4 Å². The number of hydrogen-bond donors (Lipinski definition) is 1. The van der Waals surface area contributed by atoms with Crippen LogP contribution in [-0.4, -0.2) is 36.1 Å². The monoisotopic (exact) mass is 466 g/mol. The van der Waals surface area contributed by atoms with Crippen molar-refractivity contribution in [1.29, 1.82) is 0 Å². The molecule has 0 radical (unpaired) electrons. The van der Waals surface area contributed by atoms with Gasteiger partial charge in [0.05, 0.1) is 0 Å². The Balaban J connectivity index is 0.000000236. The van der Waals surface area contributed by atoms with E-state index >= 15 is 0 Å². The third kappa shape index (κ3) is 7.12. The zero-order valence-electron chi connectivity index (χ0n) is 11.9. The Hall–Kier alpha value is -0.752. The van der Waals surface area contributed by atoms with E-state index < -0.39 is 19.5 Å². The Morgan fingerprint density at radius 3 is 2.00 bits per heavy atom. The molecule has 0 spiro atoms. The van der Waals surface area contributed by atoms with Crippen molar-refractivity contribution in [2.75, 3.05) is 11.5 Å². The van der Waals surface area contributed by atoms with Crippen molar-refractivity contribution in [3.63, 3.8) is 0 Å². The number of halogens is 6. The molecule has 9 heteroatoms. The molecule has 2 aromatic rings. The van der Waals surface area contributed by atoms with E-state index in [1.54, 1.807) is 6.07 Å². The van der Waals surface area contributed by atoms with Crippen molar-refractivity contribution in [1.82, 2.24) is 0 Å². The summed E-state index contributed by atoms with van der Waals surface area (Å²) in [5.41, 5.74) is 0. The summed E-state index contributed by atoms with van der Waals surface area (Å²) >= 11 is -11.2. The van der Waals surface area contributed by atoms with Crippen LogP contribution in [0.2, 0.25) is 0 Å². The van der Waals surface area contributed by atoms with Gasteiger partial charge in [-0.1, -0.05) is 18.2 Å².